The summed E-state index contributed by atoms with van der Waals surface area (Å²) in [5, 5.41) is 13.4. The highest BCUT2D eigenvalue weighted by Crippen LogP contribution is 2.36. The van der Waals surface area contributed by atoms with E-state index in [1.54, 1.807) is 0 Å². The third-order valence-corrected chi connectivity index (χ3v) is 5.18. The van der Waals surface area contributed by atoms with Gasteiger partial charge in [-0.1, -0.05) is 31.4 Å². The Kier molecular flexibility index (Phi) is 4.48. The first kappa shape index (κ1) is 15.5. The number of amides is 1. The highest BCUT2D eigenvalue weighted by atomic mass is 19.1. The molecule has 3 nitrogen and oxygen atoms in total. The average Bonchev–Trinajstić information content (AvgIpc) is 3.09. The molecule has 2 aliphatic rings. The van der Waals surface area contributed by atoms with Crippen molar-refractivity contribution in [3.63, 3.8) is 0 Å². The van der Waals surface area contributed by atoms with Gasteiger partial charge in [0.2, 0.25) is 5.91 Å². The van der Waals surface area contributed by atoms with Gasteiger partial charge in [-0.25, -0.2) is 4.39 Å². The zero-order chi connectivity index (χ0) is 15.6. The molecule has 1 aromatic carbocycles. The maximum Gasteiger partial charge on any atom is 0.223 e. The maximum atomic E-state index is 13.1. The van der Waals surface area contributed by atoms with Gasteiger partial charge in [0.25, 0.3) is 0 Å². The monoisotopic (exact) mass is 305 g/mol. The topological polar surface area (TPSA) is 49.3 Å². The summed E-state index contributed by atoms with van der Waals surface area (Å²) in [4.78, 5) is 12.3. The van der Waals surface area contributed by atoms with E-state index in [4.69, 9.17) is 0 Å². The predicted molar refractivity (Wildman–Crippen MR) is 83.0 cm³/mol. The van der Waals surface area contributed by atoms with Crippen LogP contribution >= 0.6 is 0 Å². The van der Waals surface area contributed by atoms with Gasteiger partial charge in [-0.3, -0.25) is 4.79 Å². The van der Waals surface area contributed by atoms with E-state index in [-0.39, 0.29) is 30.1 Å². The lowest BCUT2D eigenvalue weighted by Gasteiger charge is -2.25. The number of carbonyl (C=O) groups excluding carboxylic acids is 1. The zero-order valence-electron chi connectivity index (χ0n) is 12.9. The number of hydrogen-bond acceptors (Lipinski definition) is 2. The van der Waals surface area contributed by atoms with Gasteiger partial charge in [0.1, 0.15) is 5.82 Å². The van der Waals surface area contributed by atoms with Crippen molar-refractivity contribution in [1.82, 2.24) is 5.32 Å². The minimum atomic E-state index is -0.798. The van der Waals surface area contributed by atoms with Crippen LogP contribution < -0.4 is 5.32 Å². The van der Waals surface area contributed by atoms with E-state index in [2.05, 4.69) is 5.32 Å². The van der Waals surface area contributed by atoms with Crippen molar-refractivity contribution >= 4 is 5.91 Å². The molecule has 0 heterocycles. The van der Waals surface area contributed by atoms with Gasteiger partial charge in [-0.15, -0.1) is 0 Å². The van der Waals surface area contributed by atoms with Crippen molar-refractivity contribution < 1.29 is 14.3 Å². The minimum absolute atomic E-state index is 0.0524. The van der Waals surface area contributed by atoms with Crippen molar-refractivity contribution in [2.24, 2.45) is 0 Å². The molecule has 2 unspecified atom stereocenters. The summed E-state index contributed by atoms with van der Waals surface area (Å²) in [6.07, 6.45) is 6.71. The molecule has 22 heavy (non-hydrogen) atoms. The highest BCUT2D eigenvalue weighted by molar-refractivity contribution is 5.77. The summed E-state index contributed by atoms with van der Waals surface area (Å²) in [5.41, 5.74) is 0.289. The fraction of sp³-hybridized carbons (Fsp3) is 0.611. The predicted octanol–water partition coefficient (Wildman–Crippen LogP) is 3.27. The fourth-order valence-corrected chi connectivity index (χ4v) is 4.01. The molecule has 2 atom stereocenters. The summed E-state index contributed by atoms with van der Waals surface area (Å²) >= 11 is 0. The van der Waals surface area contributed by atoms with E-state index in [9.17, 15) is 14.3 Å². The Morgan fingerprint density at radius 3 is 2.55 bits per heavy atom. The fourth-order valence-electron chi connectivity index (χ4n) is 4.01. The summed E-state index contributed by atoms with van der Waals surface area (Å²) in [6.45, 7) is 0. The molecule has 0 bridgehead atoms. The maximum absolute atomic E-state index is 13.1. The van der Waals surface area contributed by atoms with Crippen LogP contribution in [0.3, 0.4) is 0 Å². The normalized spacial score (nSPS) is 27.0. The third kappa shape index (κ3) is 3.49. The molecule has 3 rings (SSSR count). The SMILES string of the molecule is O=C(CC1(O)CCCC1)NC1CCCC1c1ccc(F)cc1. The first-order valence-electron chi connectivity index (χ1n) is 8.33. The molecular formula is C18H24FNO2. The molecule has 0 radical (unpaired) electrons. The minimum Gasteiger partial charge on any atom is -0.389 e. The van der Waals surface area contributed by atoms with E-state index in [0.717, 1.165) is 50.5 Å². The number of hydrogen-bond donors (Lipinski definition) is 2. The van der Waals surface area contributed by atoms with Crippen LogP contribution in [0.2, 0.25) is 0 Å². The van der Waals surface area contributed by atoms with Gasteiger partial charge in [0, 0.05) is 12.0 Å². The van der Waals surface area contributed by atoms with Crippen molar-refractivity contribution in [3.05, 3.63) is 35.6 Å². The Bertz CT molecular complexity index is 522. The Labute approximate surface area is 130 Å². The molecule has 4 heteroatoms. The molecule has 2 N–H and O–H groups in total. The van der Waals surface area contributed by atoms with Gasteiger partial charge in [0.15, 0.2) is 0 Å². The van der Waals surface area contributed by atoms with Crippen LogP contribution in [0.15, 0.2) is 24.3 Å². The molecule has 2 saturated carbocycles. The van der Waals surface area contributed by atoms with Crippen LogP contribution in [0, 0.1) is 5.82 Å². The number of halogens is 1. The van der Waals surface area contributed by atoms with E-state index >= 15 is 0 Å². The molecule has 0 saturated heterocycles. The molecular weight excluding hydrogens is 281 g/mol. The van der Waals surface area contributed by atoms with Crippen LogP contribution in [0.4, 0.5) is 4.39 Å². The second-order valence-electron chi connectivity index (χ2n) is 6.87. The Hall–Kier alpha value is -1.42. The zero-order valence-corrected chi connectivity index (χ0v) is 12.9. The Balaban J connectivity index is 1.61. The number of carbonyl (C=O) groups is 1. The quantitative estimate of drug-likeness (QED) is 0.897. The van der Waals surface area contributed by atoms with Gasteiger partial charge < -0.3 is 10.4 Å². The van der Waals surface area contributed by atoms with Gasteiger partial charge in [-0.2, -0.15) is 0 Å². The van der Waals surface area contributed by atoms with Gasteiger partial charge in [-0.05, 0) is 43.4 Å². The first-order valence-corrected chi connectivity index (χ1v) is 8.33. The molecule has 0 aromatic heterocycles. The number of aliphatic hydroxyl groups is 1. The van der Waals surface area contributed by atoms with Crippen LogP contribution in [0.25, 0.3) is 0 Å². The van der Waals surface area contributed by atoms with Crippen LogP contribution in [0.5, 0.6) is 0 Å². The average molecular weight is 305 g/mol. The van der Waals surface area contributed by atoms with Crippen molar-refractivity contribution in [2.45, 2.75) is 68.9 Å². The second-order valence-corrected chi connectivity index (χ2v) is 6.87. The van der Waals surface area contributed by atoms with Crippen LogP contribution in [-0.4, -0.2) is 22.7 Å². The highest BCUT2D eigenvalue weighted by Gasteiger charge is 2.35. The van der Waals surface area contributed by atoms with Crippen molar-refractivity contribution in [3.8, 4) is 0 Å². The smallest absolute Gasteiger partial charge is 0.223 e. The van der Waals surface area contributed by atoms with Gasteiger partial charge >= 0.3 is 0 Å². The van der Waals surface area contributed by atoms with Gasteiger partial charge in [0.05, 0.1) is 12.0 Å². The summed E-state index contributed by atoms with van der Waals surface area (Å²) in [6, 6.07) is 6.69. The summed E-state index contributed by atoms with van der Waals surface area (Å²) in [5.74, 6) is -0.0306. The molecule has 0 aliphatic heterocycles. The Morgan fingerprint density at radius 1 is 1.18 bits per heavy atom. The number of nitrogens with one attached hydrogen (secondary N) is 1. The molecule has 1 aromatic rings. The van der Waals surface area contributed by atoms with E-state index in [1.165, 1.54) is 12.1 Å². The van der Waals surface area contributed by atoms with Crippen LogP contribution in [0.1, 0.15) is 62.8 Å². The van der Waals surface area contributed by atoms with E-state index in [1.807, 2.05) is 12.1 Å². The van der Waals surface area contributed by atoms with E-state index in [0.29, 0.717) is 0 Å². The molecule has 1 amide bonds. The largest absolute Gasteiger partial charge is 0.389 e. The summed E-state index contributed by atoms with van der Waals surface area (Å²) in [7, 11) is 0. The molecule has 120 valence electrons. The van der Waals surface area contributed by atoms with Crippen molar-refractivity contribution in [1.29, 1.82) is 0 Å². The lowest BCUT2D eigenvalue weighted by molar-refractivity contribution is -0.126. The summed E-state index contributed by atoms with van der Waals surface area (Å²) < 4.78 is 13.1. The second kappa shape index (κ2) is 6.37. The molecule has 2 fully saturated rings. The number of rotatable bonds is 4. The number of benzene rings is 1. The van der Waals surface area contributed by atoms with Crippen molar-refractivity contribution in [2.75, 3.05) is 0 Å². The molecule has 0 spiro atoms. The van der Waals surface area contributed by atoms with Crippen LogP contribution in [-0.2, 0) is 4.79 Å². The lowest BCUT2D eigenvalue weighted by atomic mass is 9.93. The molecule has 2 aliphatic carbocycles. The first-order chi connectivity index (χ1) is 10.6. The Morgan fingerprint density at radius 2 is 1.86 bits per heavy atom. The lowest BCUT2D eigenvalue weighted by Crippen LogP contribution is -2.41. The van der Waals surface area contributed by atoms with E-state index < -0.39 is 5.60 Å². The third-order valence-electron chi connectivity index (χ3n) is 5.18. The standard InChI is InChI=1S/C18H24FNO2/c19-14-8-6-13(7-9-14)15-4-3-5-16(15)20-17(21)12-18(22)10-1-2-11-18/h6-9,15-16,22H,1-5,10-12H2,(H,20,21).